The maximum Gasteiger partial charge on any atom is 0.294 e. The van der Waals surface area contributed by atoms with Crippen LogP contribution < -0.4 is 5.32 Å². The summed E-state index contributed by atoms with van der Waals surface area (Å²) in [7, 11) is 0. The number of aryl methyl sites for hydroxylation is 3. The Bertz CT molecular complexity index is 832. The van der Waals surface area contributed by atoms with Crippen LogP contribution in [0.5, 0.6) is 0 Å². The van der Waals surface area contributed by atoms with Crippen LogP contribution in [0.15, 0.2) is 41.2 Å². The molecule has 0 saturated carbocycles. The molecule has 3 aromatic rings. The highest BCUT2D eigenvalue weighted by Crippen LogP contribution is 2.17. The predicted molar refractivity (Wildman–Crippen MR) is 82.2 cm³/mol. The Morgan fingerprint density at radius 1 is 1.23 bits per heavy atom. The lowest BCUT2D eigenvalue weighted by Crippen LogP contribution is -2.10. The lowest BCUT2D eigenvalue weighted by atomic mass is 10.1. The van der Waals surface area contributed by atoms with Crippen molar-refractivity contribution in [2.45, 2.75) is 20.8 Å². The average molecular weight is 296 g/mol. The van der Waals surface area contributed by atoms with Gasteiger partial charge in [0.2, 0.25) is 5.76 Å². The van der Waals surface area contributed by atoms with Gasteiger partial charge in [-0.1, -0.05) is 22.9 Å². The van der Waals surface area contributed by atoms with E-state index in [0.717, 1.165) is 11.3 Å². The van der Waals surface area contributed by atoms with Gasteiger partial charge < -0.3 is 9.84 Å². The van der Waals surface area contributed by atoms with Gasteiger partial charge in [0.25, 0.3) is 5.91 Å². The van der Waals surface area contributed by atoms with Gasteiger partial charge in [-0.15, -0.1) is 0 Å². The zero-order valence-electron chi connectivity index (χ0n) is 12.6. The van der Waals surface area contributed by atoms with Gasteiger partial charge in [-0.3, -0.25) is 4.79 Å². The summed E-state index contributed by atoms with van der Waals surface area (Å²) in [5, 5.41) is 10.7. The van der Waals surface area contributed by atoms with E-state index < -0.39 is 0 Å². The highest BCUT2D eigenvalue weighted by Gasteiger charge is 2.13. The molecule has 0 aliphatic rings. The second-order valence-corrected chi connectivity index (χ2v) is 5.25. The monoisotopic (exact) mass is 296 g/mol. The molecule has 0 aliphatic heterocycles. The first kappa shape index (κ1) is 14.1. The summed E-state index contributed by atoms with van der Waals surface area (Å²) in [5.74, 6) is -0.169. The van der Waals surface area contributed by atoms with Gasteiger partial charge in [-0.05, 0) is 32.4 Å². The Morgan fingerprint density at radius 3 is 2.73 bits per heavy atom. The fourth-order valence-corrected chi connectivity index (χ4v) is 2.24. The molecule has 2 aromatic heterocycles. The van der Waals surface area contributed by atoms with Crippen LogP contribution in [-0.4, -0.2) is 20.8 Å². The Hall–Kier alpha value is -2.89. The van der Waals surface area contributed by atoms with Crippen molar-refractivity contribution in [2.75, 3.05) is 5.32 Å². The molecule has 0 bridgehead atoms. The SMILES string of the molecule is Cc1ccc(-n2cc(NC(=O)c3cc(C)no3)cn2)c(C)c1. The molecule has 0 spiro atoms. The van der Waals surface area contributed by atoms with E-state index in [0.29, 0.717) is 11.4 Å². The van der Waals surface area contributed by atoms with Crippen LogP contribution in [0.3, 0.4) is 0 Å². The Labute approximate surface area is 127 Å². The second-order valence-electron chi connectivity index (χ2n) is 5.25. The van der Waals surface area contributed by atoms with Crippen molar-refractivity contribution >= 4 is 11.6 Å². The van der Waals surface area contributed by atoms with Crippen LogP contribution in [-0.2, 0) is 0 Å². The van der Waals surface area contributed by atoms with E-state index >= 15 is 0 Å². The van der Waals surface area contributed by atoms with Crippen LogP contribution in [0.4, 0.5) is 5.69 Å². The lowest BCUT2D eigenvalue weighted by Gasteiger charge is -2.06. The first-order chi connectivity index (χ1) is 10.5. The maximum atomic E-state index is 12.0. The minimum absolute atomic E-state index is 0.178. The molecule has 1 N–H and O–H groups in total. The third kappa shape index (κ3) is 2.76. The second kappa shape index (κ2) is 5.48. The molecule has 6 nitrogen and oxygen atoms in total. The maximum absolute atomic E-state index is 12.0. The van der Waals surface area contributed by atoms with Crippen LogP contribution in [0, 0.1) is 20.8 Å². The van der Waals surface area contributed by atoms with Gasteiger partial charge in [0, 0.05) is 6.07 Å². The zero-order valence-corrected chi connectivity index (χ0v) is 12.6. The molecule has 0 radical (unpaired) electrons. The lowest BCUT2D eigenvalue weighted by molar-refractivity contribution is 0.0988. The van der Waals surface area contributed by atoms with E-state index in [9.17, 15) is 4.79 Å². The molecule has 22 heavy (non-hydrogen) atoms. The summed E-state index contributed by atoms with van der Waals surface area (Å²) in [6.45, 7) is 5.84. The van der Waals surface area contributed by atoms with Gasteiger partial charge in [-0.2, -0.15) is 5.10 Å². The van der Waals surface area contributed by atoms with Crippen molar-refractivity contribution < 1.29 is 9.32 Å². The summed E-state index contributed by atoms with van der Waals surface area (Å²) in [4.78, 5) is 12.0. The van der Waals surface area contributed by atoms with Crippen LogP contribution in [0.1, 0.15) is 27.4 Å². The summed E-state index contributed by atoms with van der Waals surface area (Å²) < 4.78 is 6.66. The third-order valence-electron chi connectivity index (χ3n) is 3.29. The topological polar surface area (TPSA) is 73.0 Å². The summed E-state index contributed by atoms with van der Waals surface area (Å²) >= 11 is 0. The quantitative estimate of drug-likeness (QED) is 0.806. The molecule has 112 valence electrons. The number of aromatic nitrogens is 3. The Kier molecular flexibility index (Phi) is 3.50. The number of nitrogens with zero attached hydrogens (tertiary/aromatic N) is 3. The van der Waals surface area contributed by atoms with E-state index in [1.807, 2.05) is 26.0 Å². The average Bonchev–Trinajstić information content (AvgIpc) is 3.08. The third-order valence-corrected chi connectivity index (χ3v) is 3.29. The van der Waals surface area contributed by atoms with E-state index in [1.54, 1.807) is 30.1 Å². The van der Waals surface area contributed by atoms with E-state index in [4.69, 9.17) is 4.52 Å². The smallest absolute Gasteiger partial charge is 0.294 e. The first-order valence-electron chi connectivity index (χ1n) is 6.90. The van der Waals surface area contributed by atoms with Crippen LogP contribution in [0.2, 0.25) is 0 Å². The molecule has 0 saturated heterocycles. The van der Waals surface area contributed by atoms with Gasteiger partial charge in [-0.25, -0.2) is 4.68 Å². The fourth-order valence-electron chi connectivity index (χ4n) is 2.24. The summed E-state index contributed by atoms with van der Waals surface area (Å²) in [6, 6.07) is 7.71. The molecule has 1 aromatic carbocycles. The molecule has 0 unspecified atom stereocenters. The molecule has 0 atom stereocenters. The summed E-state index contributed by atoms with van der Waals surface area (Å²) in [5.41, 5.74) is 4.55. The fraction of sp³-hybridized carbons (Fsp3) is 0.188. The molecule has 2 heterocycles. The number of benzene rings is 1. The van der Waals surface area contributed by atoms with E-state index in [-0.39, 0.29) is 11.7 Å². The van der Waals surface area contributed by atoms with Crippen molar-refractivity contribution in [2.24, 2.45) is 0 Å². The Morgan fingerprint density at radius 2 is 2.05 bits per heavy atom. The molecular weight excluding hydrogens is 280 g/mol. The minimum atomic E-state index is -0.347. The molecule has 0 fully saturated rings. The highest BCUT2D eigenvalue weighted by molar-refractivity contribution is 6.02. The minimum Gasteiger partial charge on any atom is -0.351 e. The largest absolute Gasteiger partial charge is 0.351 e. The van der Waals surface area contributed by atoms with Gasteiger partial charge in [0.15, 0.2) is 0 Å². The number of carbonyl (C=O) groups excluding carboxylic acids is 1. The number of rotatable bonds is 3. The van der Waals surface area contributed by atoms with Crippen LogP contribution >= 0.6 is 0 Å². The standard InChI is InChI=1S/C16H16N4O2/c1-10-4-5-14(11(2)6-10)20-9-13(8-17-20)18-16(21)15-7-12(3)19-22-15/h4-9H,1-3H3,(H,18,21). The predicted octanol–water partition coefficient (Wildman–Crippen LogP) is 3.04. The van der Waals surface area contributed by atoms with Crippen LogP contribution in [0.25, 0.3) is 5.69 Å². The van der Waals surface area contributed by atoms with E-state index in [2.05, 4.69) is 21.6 Å². The molecule has 3 rings (SSSR count). The van der Waals surface area contributed by atoms with Gasteiger partial charge in [0.05, 0.1) is 29.5 Å². The number of carbonyl (C=O) groups is 1. The van der Waals surface area contributed by atoms with Crippen molar-refractivity contribution in [3.05, 3.63) is 59.2 Å². The number of hydrogen-bond acceptors (Lipinski definition) is 4. The van der Waals surface area contributed by atoms with Crippen molar-refractivity contribution in [3.63, 3.8) is 0 Å². The normalized spacial score (nSPS) is 10.7. The first-order valence-corrected chi connectivity index (χ1v) is 6.90. The number of nitrogens with one attached hydrogen (secondary N) is 1. The molecule has 6 heteroatoms. The summed E-state index contributed by atoms with van der Waals surface area (Å²) in [6.07, 6.45) is 3.36. The zero-order chi connectivity index (χ0) is 15.7. The molecule has 0 aliphatic carbocycles. The van der Waals surface area contributed by atoms with E-state index in [1.165, 1.54) is 5.56 Å². The van der Waals surface area contributed by atoms with Crippen molar-refractivity contribution in [3.8, 4) is 5.69 Å². The number of amides is 1. The number of hydrogen-bond donors (Lipinski definition) is 1. The Balaban J connectivity index is 1.80. The van der Waals surface area contributed by atoms with Crippen molar-refractivity contribution in [1.29, 1.82) is 0 Å². The van der Waals surface area contributed by atoms with Crippen molar-refractivity contribution in [1.82, 2.24) is 14.9 Å². The highest BCUT2D eigenvalue weighted by atomic mass is 16.5. The van der Waals surface area contributed by atoms with Gasteiger partial charge in [0.1, 0.15) is 0 Å². The number of anilines is 1. The molecule has 1 amide bonds. The van der Waals surface area contributed by atoms with Gasteiger partial charge >= 0.3 is 0 Å². The molecular formula is C16H16N4O2.